The van der Waals surface area contributed by atoms with Crippen molar-refractivity contribution >= 4 is 39.1 Å². The summed E-state index contributed by atoms with van der Waals surface area (Å²) in [4.78, 5) is 0. The third kappa shape index (κ3) is 4.89. The third-order valence-corrected chi connectivity index (χ3v) is 4.12. The van der Waals surface area contributed by atoms with Crippen LogP contribution in [-0.4, -0.2) is 6.54 Å². The van der Waals surface area contributed by atoms with E-state index in [-0.39, 0.29) is 0 Å². The van der Waals surface area contributed by atoms with E-state index in [4.69, 9.17) is 27.9 Å². The summed E-state index contributed by atoms with van der Waals surface area (Å²) in [5, 5.41) is 4.37. The first-order valence-corrected chi connectivity index (χ1v) is 8.27. The number of benzene rings is 2. The highest BCUT2D eigenvalue weighted by atomic mass is 79.9. The molecule has 112 valence electrons. The van der Waals surface area contributed by atoms with Crippen molar-refractivity contribution in [3.63, 3.8) is 0 Å². The van der Waals surface area contributed by atoms with Crippen molar-refractivity contribution in [3.05, 3.63) is 56.5 Å². The van der Waals surface area contributed by atoms with Crippen molar-refractivity contribution in [1.29, 1.82) is 0 Å². The molecular weight excluding hydrogens is 373 g/mol. The fourth-order valence-corrected chi connectivity index (χ4v) is 2.46. The molecule has 0 unspecified atom stereocenters. The Morgan fingerprint density at radius 1 is 1.10 bits per heavy atom. The minimum atomic E-state index is 0.481. The van der Waals surface area contributed by atoms with Crippen LogP contribution in [0.4, 0.5) is 0 Å². The molecule has 0 aromatic heterocycles. The highest BCUT2D eigenvalue weighted by Gasteiger charge is 2.07. The fraction of sp³-hybridized carbons (Fsp3) is 0.250. The van der Waals surface area contributed by atoms with E-state index in [2.05, 4.69) is 28.2 Å². The summed E-state index contributed by atoms with van der Waals surface area (Å²) in [5.74, 6) is 1.46. The molecule has 2 aromatic carbocycles. The van der Waals surface area contributed by atoms with Gasteiger partial charge in [0, 0.05) is 22.6 Å². The van der Waals surface area contributed by atoms with Crippen molar-refractivity contribution < 1.29 is 4.74 Å². The predicted octanol–water partition coefficient (Wildman–Crippen LogP) is 6.05. The van der Waals surface area contributed by atoms with E-state index in [0.29, 0.717) is 15.8 Å². The zero-order valence-corrected chi connectivity index (χ0v) is 14.7. The van der Waals surface area contributed by atoms with Crippen LogP contribution in [0.2, 0.25) is 10.0 Å². The molecule has 0 saturated carbocycles. The monoisotopic (exact) mass is 387 g/mol. The summed E-state index contributed by atoms with van der Waals surface area (Å²) in [6.07, 6.45) is 1.10. The van der Waals surface area contributed by atoms with Gasteiger partial charge in [-0.05, 0) is 37.2 Å². The summed E-state index contributed by atoms with van der Waals surface area (Å²) in [6, 6.07) is 11.2. The van der Waals surface area contributed by atoms with Gasteiger partial charge in [0.2, 0.25) is 0 Å². The molecule has 0 saturated heterocycles. The van der Waals surface area contributed by atoms with E-state index in [0.717, 1.165) is 35.3 Å². The normalized spacial score (nSPS) is 10.7. The lowest BCUT2D eigenvalue weighted by atomic mass is 10.2. The number of ether oxygens (including phenoxy) is 1. The first-order chi connectivity index (χ1) is 10.1. The molecule has 1 N–H and O–H groups in total. The van der Waals surface area contributed by atoms with Crippen LogP contribution in [0.15, 0.2) is 40.9 Å². The zero-order valence-electron chi connectivity index (χ0n) is 11.6. The zero-order chi connectivity index (χ0) is 15.2. The van der Waals surface area contributed by atoms with E-state index in [1.54, 1.807) is 18.2 Å². The summed E-state index contributed by atoms with van der Waals surface area (Å²) >= 11 is 15.4. The van der Waals surface area contributed by atoms with Crippen LogP contribution in [-0.2, 0) is 6.54 Å². The first kappa shape index (κ1) is 16.6. The van der Waals surface area contributed by atoms with Gasteiger partial charge in [0.15, 0.2) is 0 Å². The minimum Gasteiger partial charge on any atom is -0.457 e. The van der Waals surface area contributed by atoms with Crippen LogP contribution in [0.1, 0.15) is 18.9 Å². The van der Waals surface area contributed by atoms with Gasteiger partial charge in [-0.15, -0.1) is 0 Å². The minimum absolute atomic E-state index is 0.481. The predicted molar refractivity (Wildman–Crippen MR) is 92.7 cm³/mol. The number of hydrogen-bond donors (Lipinski definition) is 1. The lowest BCUT2D eigenvalue weighted by Gasteiger charge is -2.13. The Kier molecular flexibility index (Phi) is 6.37. The fourth-order valence-electron chi connectivity index (χ4n) is 1.84. The highest BCUT2D eigenvalue weighted by molar-refractivity contribution is 9.10. The van der Waals surface area contributed by atoms with Gasteiger partial charge in [-0.3, -0.25) is 0 Å². The maximum Gasteiger partial charge on any atom is 0.133 e. The van der Waals surface area contributed by atoms with Gasteiger partial charge < -0.3 is 10.1 Å². The van der Waals surface area contributed by atoms with E-state index in [9.17, 15) is 0 Å². The molecule has 0 aliphatic carbocycles. The second kappa shape index (κ2) is 8.04. The van der Waals surface area contributed by atoms with Crippen LogP contribution < -0.4 is 10.1 Å². The topological polar surface area (TPSA) is 21.3 Å². The number of nitrogens with one attached hydrogen (secondary N) is 1. The SMILES string of the molecule is CCCNCc1ccc(Br)cc1Oc1ccc(Cl)c(Cl)c1. The Morgan fingerprint density at radius 3 is 2.62 bits per heavy atom. The maximum atomic E-state index is 6.02. The molecule has 5 heteroatoms. The molecule has 0 aliphatic heterocycles. The van der Waals surface area contributed by atoms with Crippen molar-refractivity contribution in [2.45, 2.75) is 19.9 Å². The lowest BCUT2D eigenvalue weighted by Crippen LogP contribution is -2.14. The van der Waals surface area contributed by atoms with E-state index < -0.39 is 0 Å². The summed E-state index contributed by atoms with van der Waals surface area (Å²) < 4.78 is 6.91. The van der Waals surface area contributed by atoms with Crippen LogP contribution in [0, 0.1) is 0 Å². The molecule has 21 heavy (non-hydrogen) atoms. The van der Waals surface area contributed by atoms with Gasteiger partial charge in [-0.25, -0.2) is 0 Å². The molecule has 0 amide bonds. The third-order valence-electron chi connectivity index (χ3n) is 2.89. The number of hydrogen-bond acceptors (Lipinski definition) is 2. The van der Waals surface area contributed by atoms with Gasteiger partial charge in [-0.1, -0.05) is 52.1 Å². The van der Waals surface area contributed by atoms with Crippen molar-refractivity contribution in [1.82, 2.24) is 5.32 Å². The number of rotatable bonds is 6. The Balaban J connectivity index is 2.20. The Morgan fingerprint density at radius 2 is 1.90 bits per heavy atom. The van der Waals surface area contributed by atoms with Crippen LogP contribution >= 0.6 is 39.1 Å². The molecule has 0 radical (unpaired) electrons. The molecule has 0 spiro atoms. The Labute approximate surface area is 143 Å². The number of halogens is 3. The second-order valence-corrected chi connectivity index (χ2v) is 6.34. The van der Waals surface area contributed by atoms with Gasteiger partial charge in [-0.2, -0.15) is 0 Å². The molecule has 2 aromatic rings. The Bertz CT molecular complexity index is 619. The summed E-state index contributed by atoms with van der Waals surface area (Å²) in [5.41, 5.74) is 1.10. The average molecular weight is 389 g/mol. The van der Waals surface area contributed by atoms with E-state index >= 15 is 0 Å². The molecule has 2 rings (SSSR count). The molecule has 0 fully saturated rings. The molecule has 0 aliphatic rings. The van der Waals surface area contributed by atoms with E-state index in [1.807, 2.05) is 18.2 Å². The molecular formula is C16H16BrCl2NO. The van der Waals surface area contributed by atoms with Gasteiger partial charge in [0.05, 0.1) is 10.0 Å². The summed E-state index contributed by atoms with van der Waals surface area (Å²) in [7, 11) is 0. The van der Waals surface area contributed by atoms with Crippen LogP contribution in [0.5, 0.6) is 11.5 Å². The highest BCUT2D eigenvalue weighted by Crippen LogP contribution is 2.32. The molecule has 0 atom stereocenters. The largest absolute Gasteiger partial charge is 0.457 e. The van der Waals surface area contributed by atoms with Gasteiger partial charge >= 0.3 is 0 Å². The smallest absolute Gasteiger partial charge is 0.133 e. The standard InChI is InChI=1S/C16H16BrCl2NO/c1-2-7-20-10-11-3-4-12(17)8-16(11)21-13-5-6-14(18)15(19)9-13/h3-6,8-9,20H,2,7,10H2,1H3. The lowest BCUT2D eigenvalue weighted by molar-refractivity contribution is 0.472. The van der Waals surface area contributed by atoms with Crippen LogP contribution in [0.25, 0.3) is 0 Å². The van der Waals surface area contributed by atoms with Crippen molar-refractivity contribution in [3.8, 4) is 11.5 Å². The quantitative estimate of drug-likeness (QED) is 0.608. The first-order valence-electron chi connectivity index (χ1n) is 6.72. The summed E-state index contributed by atoms with van der Waals surface area (Å²) in [6.45, 7) is 3.88. The molecule has 0 bridgehead atoms. The van der Waals surface area contributed by atoms with Gasteiger partial charge in [0.1, 0.15) is 11.5 Å². The second-order valence-electron chi connectivity index (χ2n) is 4.61. The Hall–Kier alpha value is -0.740. The average Bonchev–Trinajstić information content (AvgIpc) is 2.45. The van der Waals surface area contributed by atoms with Crippen LogP contribution in [0.3, 0.4) is 0 Å². The van der Waals surface area contributed by atoms with Crippen molar-refractivity contribution in [2.75, 3.05) is 6.54 Å². The maximum absolute atomic E-state index is 6.02. The molecule has 2 nitrogen and oxygen atoms in total. The molecule has 0 heterocycles. The van der Waals surface area contributed by atoms with E-state index in [1.165, 1.54) is 0 Å². The van der Waals surface area contributed by atoms with Crippen molar-refractivity contribution in [2.24, 2.45) is 0 Å². The van der Waals surface area contributed by atoms with Gasteiger partial charge in [0.25, 0.3) is 0 Å².